The third-order valence-electron chi connectivity index (χ3n) is 12.3. The Hall–Kier alpha value is -7.64. The second-order valence-corrected chi connectivity index (χ2v) is 17.5. The lowest BCUT2D eigenvalue weighted by atomic mass is 9.90. The average Bonchev–Trinajstić information content (AvgIpc) is 3.39. The molecule has 0 fully saturated rings. The van der Waals surface area contributed by atoms with Crippen molar-refractivity contribution in [1.29, 1.82) is 0 Å². The molecule has 2 aliphatic heterocycles. The molecule has 20 heteroatoms. The Balaban J connectivity index is 0.000000274. The minimum absolute atomic E-state index is 0.115. The van der Waals surface area contributed by atoms with Crippen LogP contribution in [-0.4, -0.2) is 140 Å². The number of amides is 2. The lowest BCUT2D eigenvalue weighted by molar-refractivity contribution is -0.138. The van der Waals surface area contributed by atoms with Crippen molar-refractivity contribution >= 4 is 24.1 Å². The first kappa shape index (κ1) is 57.3. The number of aliphatic carboxylic acids is 2. The molecule has 4 aromatic rings. The van der Waals surface area contributed by atoms with Gasteiger partial charge in [0.1, 0.15) is 24.6 Å². The van der Waals surface area contributed by atoms with Gasteiger partial charge in [0.2, 0.25) is 11.5 Å². The standard InChI is InChI=1S/2C27H35NO9/c2*1-6-7-10-28(15-24(29)30)27(31)37-22-13-17(8-9-20(22)32-2)11-18-12-19-21(36-16-18)14-23(33-3)26(35-5)25(19)34-4/h2*8-9,13-14,18H,6-7,10-12,15-16H2,1-5H3,(H,29,30). The van der Waals surface area contributed by atoms with Crippen molar-refractivity contribution in [3.05, 3.63) is 70.8 Å². The zero-order valence-corrected chi connectivity index (χ0v) is 44.0. The van der Waals surface area contributed by atoms with Crippen LogP contribution >= 0.6 is 0 Å². The molecule has 0 saturated carbocycles. The minimum atomic E-state index is -1.10. The lowest BCUT2D eigenvalue weighted by Crippen LogP contribution is -2.38. The van der Waals surface area contributed by atoms with Gasteiger partial charge in [-0.05, 0) is 73.9 Å². The monoisotopic (exact) mass is 1030 g/mol. The largest absolute Gasteiger partial charge is 0.493 e. The number of hydrogen-bond acceptors (Lipinski definition) is 16. The summed E-state index contributed by atoms with van der Waals surface area (Å²) in [5.74, 6) is 3.91. The van der Waals surface area contributed by atoms with Gasteiger partial charge < -0.3 is 67.1 Å². The molecule has 6 rings (SSSR count). The van der Waals surface area contributed by atoms with Gasteiger partial charge in [0.15, 0.2) is 46.0 Å². The van der Waals surface area contributed by atoms with Crippen LogP contribution in [0.1, 0.15) is 61.8 Å². The van der Waals surface area contributed by atoms with Gasteiger partial charge in [-0.15, -0.1) is 0 Å². The molecule has 2 atom stereocenters. The summed E-state index contributed by atoms with van der Waals surface area (Å²) < 4.78 is 67.2. The first-order valence-corrected chi connectivity index (χ1v) is 24.3. The predicted molar refractivity (Wildman–Crippen MR) is 271 cm³/mol. The van der Waals surface area contributed by atoms with E-state index in [0.29, 0.717) is 122 Å². The van der Waals surface area contributed by atoms with E-state index in [4.69, 9.17) is 56.8 Å². The van der Waals surface area contributed by atoms with Crippen molar-refractivity contribution in [3.63, 3.8) is 0 Å². The average molecular weight is 1040 g/mol. The zero-order valence-electron chi connectivity index (χ0n) is 44.0. The maximum atomic E-state index is 12.8. The zero-order chi connectivity index (χ0) is 53.9. The molecule has 74 heavy (non-hydrogen) atoms. The molecule has 0 radical (unpaired) electrons. The van der Waals surface area contributed by atoms with Crippen LogP contribution in [0.2, 0.25) is 0 Å². The first-order chi connectivity index (χ1) is 35.7. The summed E-state index contributed by atoms with van der Waals surface area (Å²) in [6, 6.07) is 14.4. The molecule has 2 heterocycles. The highest BCUT2D eigenvalue weighted by atomic mass is 16.6. The topological polar surface area (TPSA) is 226 Å². The summed E-state index contributed by atoms with van der Waals surface area (Å²) >= 11 is 0. The van der Waals surface area contributed by atoms with Crippen LogP contribution in [0, 0.1) is 11.8 Å². The highest BCUT2D eigenvalue weighted by molar-refractivity contribution is 5.79. The van der Waals surface area contributed by atoms with Crippen LogP contribution < -0.4 is 56.8 Å². The van der Waals surface area contributed by atoms with Gasteiger partial charge in [0, 0.05) is 48.2 Å². The van der Waals surface area contributed by atoms with E-state index in [1.165, 1.54) is 24.0 Å². The molecule has 0 bridgehead atoms. The van der Waals surface area contributed by atoms with E-state index in [-0.39, 0.29) is 23.3 Å². The number of carbonyl (C=O) groups excluding carboxylic acids is 2. The molecule has 0 aromatic heterocycles. The molecule has 2 N–H and O–H groups in total. The fourth-order valence-electron chi connectivity index (χ4n) is 8.74. The third-order valence-corrected chi connectivity index (χ3v) is 12.3. The highest BCUT2D eigenvalue weighted by Crippen LogP contribution is 2.49. The Bertz CT molecular complexity index is 2380. The molecule has 20 nitrogen and oxygen atoms in total. The van der Waals surface area contributed by atoms with Gasteiger partial charge >= 0.3 is 24.1 Å². The molecule has 404 valence electrons. The maximum Gasteiger partial charge on any atom is 0.415 e. The smallest absolute Gasteiger partial charge is 0.415 e. The molecule has 2 unspecified atom stereocenters. The molecule has 2 aliphatic rings. The fraction of sp³-hybridized carbons (Fsp3) is 0.481. The maximum absolute atomic E-state index is 12.8. The van der Waals surface area contributed by atoms with E-state index in [9.17, 15) is 29.4 Å². The molecule has 4 aromatic carbocycles. The van der Waals surface area contributed by atoms with Crippen LogP contribution in [0.15, 0.2) is 48.5 Å². The molecule has 0 aliphatic carbocycles. The van der Waals surface area contributed by atoms with Gasteiger partial charge in [-0.1, -0.05) is 38.8 Å². The number of hydrogen-bond donors (Lipinski definition) is 2. The van der Waals surface area contributed by atoms with E-state index in [2.05, 4.69) is 0 Å². The Morgan fingerprint density at radius 1 is 0.500 bits per heavy atom. The van der Waals surface area contributed by atoms with Gasteiger partial charge in [0.25, 0.3) is 0 Å². The summed E-state index contributed by atoms with van der Waals surface area (Å²) in [6.45, 7) is 4.60. The van der Waals surface area contributed by atoms with Gasteiger partial charge in [-0.3, -0.25) is 19.4 Å². The first-order valence-electron chi connectivity index (χ1n) is 24.3. The number of carboxylic acid groups (broad SMARTS) is 2. The van der Waals surface area contributed by atoms with Crippen LogP contribution in [0.5, 0.6) is 69.0 Å². The fourth-order valence-corrected chi connectivity index (χ4v) is 8.74. The number of nitrogens with zero attached hydrogens (tertiary/aromatic N) is 2. The number of methoxy groups -OCH3 is 8. The number of fused-ring (bicyclic) bond motifs is 2. The molecule has 0 spiro atoms. The van der Waals surface area contributed by atoms with E-state index < -0.39 is 37.2 Å². The number of carbonyl (C=O) groups is 4. The van der Waals surface area contributed by atoms with Crippen molar-refractivity contribution in [3.8, 4) is 69.0 Å². The molecular weight excluding hydrogens is 965 g/mol. The number of unbranched alkanes of at least 4 members (excludes halogenated alkanes) is 2. The summed E-state index contributed by atoms with van der Waals surface area (Å²) in [5, 5.41) is 18.4. The summed E-state index contributed by atoms with van der Waals surface area (Å²) in [7, 11) is 12.4. The molecule has 0 saturated heterocycles. The molecular formula is C54H70N2O18. The third kappa shape index (κ3) is 14.7. The minimum Gasteiger partial charge on any atom is -0.493 e. The summed E-state index contributed by atoms with van der Waals surface area (Å²) in [5.41, 5.74) is 3.63. The van der Waals surface area contributed by atoms with E-state index in [0.717, 1.165) is 35.1 Å². The van der Waals surface area contributed by atoms with Crippen molar-refractivity contribution in [1.82, 2.24) is 9.80 Å². The van der Waals surface area contributed by atoms with Crippen LogP contribution in [0.3, 0.4) is 0 Å². The van der Waals surface area contributed by atoms with E-state index in [1.54, 1.807) is 79.1 Å². The predicted octanol–water partition coefficient (Wildman–Crippen LogP) is 8.40. The highest BCUT2D eigenvalue weighted by Gasteiger charge is 2.31. The second kappa shape index (κ2) is 28.0. The SMILES string of the molecule is CCCCN(CC(=O)O)C(=O)Oc1cc(CC2COc3cc(OC)c(OC)c(OC)c3C2)ccc1OC.CCCCN(CC(=O)O)C(=O)Oc1cc(CC2COc3cc(OC)c(OC)c(OC)c3C2)ccc1OC. The van der Waals surface area contributed by atoms with Crippen molar-refractivity contribution < 1.29 is 86.2 Å². The van der Waals surface area contributed by atoms with Crippen molar-refractivity contribution in [2.45, 2.75) is 65.2 Å². The Morgan fingerprint density at radius 3 is 1.18 bits per heavy atom. The van der Waals surface area contributed by atoms with Crippen LogP contribution in [0.25, 0.3) is 0 Å². The Morgan fingerprint density at radius 2 is 0.865 bits per heavy atom. The normalized spacial score (nSPS) is 14.1. The number of ether oxygens (including phenoxy) is 12. The number of carboxylic acids is 2. The summed E-state index contributed by atoms with van der Waals surface area (Å²) in [6.07, 6.45) is 4.16. The molecule has 2 amide bonds. The Kier molecular flexibility index (Phi) is 21.7. The van der Waals surface area contributed by atoms with Crippen molar-refractivity contribution in [2.24, 2.45) is 11.8 Å². The number of rotatable bonds is 24. The van der Waals surface area contributed by atoms with E-state index >= 15 is 0 Å². The lowest BCUT2D eigenvalue weighted by Gasteiger charge is -2.28. The van der Waals surface area contributed by atoms with Gasteiger partial charge in [-0.25, -0.2) is 9.59 Å². The summed E-state index contributed by atoms with van der Waals surface area (Å²) in [4.78, 5) is 50.4. The van der Waals surface area contributed by atoms with Crippen LogP contribution in [-0.2, 0) is 35.3 Å². The van der Waals surface area contributed by atoms with Gasteiger partial charge in [0.05, 0.1) is 70.1 Å². The van der Waals surface area contributed by atoms with Gasteiger partial charge in [-0.2, -0.15) is 0 Å². The quantitative estimate of drug-likeness (QED) is 0.0671. The van der Waals surface area contributed by atoms with E-state index in [1.807, 2.05) is 26.0 Å². The van der Waals surface area contributed by atoms with Crippen LogP contribution in [0.4, 0.5) is 9.59 Å². The second-order valence-electron chi connectivity index (χ2n) is 17.5. The van der Waals surface area contributed by atoms with Crippen molar-refractivity contribution in [2.75, 3.05) is 96.3 Å². The Labute approximate surface area is 432 Å². The number of benzene rings is 4.